The van der Waals surface area contributed by atoms with Gasteiger partial charge in [0.25, 0.3) is 0 Å². The third kappa shape index (κ3) is 3.26. The molecule has 4 heteroatoms. The van der Waals surface area contributed by atoms with E-state index in [1.165, 1.54) is 23.2 Å². The van der Waals surface area contributed by atoms with Crippen LogP contribution in [0, 0.1) is 0 Å². The topological polar surface area (TPSA) is 43.6 Å². The Morgan fingerprint density at radius 2 is 1.65 bits per heavy atom. The molecule has 3 aromatic rings. The van der Waals surface area contributed by atoms with Crippen LogP contribution in [0.3, 0.4) is 0 Å². The van der Waals surface area contributed by atoms with Crippen LogP contribution >= 0.6 is 0 Å². The maximum atomic E-state index is 10.8. The minimum Gasteiger partial charge on any atom is -0.344 e. The zero-order valence-electron chi connectivity index (χ0n) is 14.3. The van der Waals surface area contributed by atoms with Gasteiger partial charge in [0.2, 0.25) is 0 Å². The van der Waals surface area contributed by atoms with Crippen molar-refractivity contribution in [1.82, 2.24) is 4.57 Å². The smallest absolute Gasteiger partial charge is 0.331 e. The van der Waals surface area contributed by atoms with Crippen LogP contribution in [-0.4, -0.2) is 16.2 Å². The van der Waals surface area contributed by atoms with Gasteiger partial charge in [0.15, 0.2) is 0 Å². The highest BCUT2D eigenvalue weighted by Gasteiger charge is 2.09. The minimum absolute atomic E-state index is 0.417. The van der Waals surface area contributed by atoms with Crippen molar-refractivity contribution in [3.05, 3.63) is 48.0 Å². The molecule has 3 rings (SSSR count). The number of carbonyl (C=O) groups excluding carboxylic acids is 1. The highest BCUT2D eigenvalue weighted by atomic mass is 16.7. The number of aryl methyl sites for hydroxylation is 1. The van der Waals surface area contributed by atoms with Crippen LogP contribution in [0.5, 0.6) is 0 Å². The van der Waals surface area contributed by atoms with E-state index >= 15 is 0 Å². The molecule has 4 nitrogen and oxygen atoms in total. The molecule has 0 aliphatic heterocycles. The standard InChI is InChI=1S/C17H16N2O2.C2H6/c1-11(18-21-12(2)20)13-8-9-15-14-6-4-5-7-16(14)19(3)17(15)10-13;1-2/h4-10H,1-3H3;1-2H3/b18-11-;. The number of oxime groups is 1. The molecule has 0 saturated carbocycles. The molecule has 23 heavy (non-hydrogen) atoms. The number of para-hydroxylation sites is 1. The summed E-state index contributed by atoms with van der Waals surface area (Å²) in [6.45, 7) is 7.16. The molecule has 120 valence electrons. The largest absolute Gasteiger partial charge is 0.344 e. The van der Waals surface area contributed by atoms with Gasteiger partial charge in [-0.25, -0.2) is 4.79 Å². The zero-order chi connectivity index (χ0) is 17.0. The number of hydrogen-bond acceptors (Lipinski definition) is 3. The first-order valence-corrected chi connectivity index (χ1v) is 7.77. The fraction of sp³-hybridized carbons (Fsp3) is 0.263. The Morgan fingerprint density at radius 1 is 1.00 bits per heavy atom. The predicted octanol–water partition coefficient (Wildman–Crippen LogP) is 4.64. The first kappa shape index (κ1) is 16.7. The van der Waals surface area contributed by atoms with E-state index in [-0.39, 0.29) is 0 Å². The molecule has 0 radical (unpaired) electrons. The first-order valence-electron chi connectivity index (χ1n) is 7.77. The highest BCUT2D eigenvalue weighted by molar-refractivity contribution is 6.10. The third-order valence-corrected chi connectivity index (χ3v) is 3.64. The molecule has 0 atom stereocenters. The molecule has 0 unspecified atom stereocenters. The quantitative estimate of drug-likeness (QED) is 0.393. The average Bonchev–Trinajstić information content (AvgIpc) is 2.87. The maximum Gasteiger partial charge on any atom is 0.331 e. The zero-order valence-corrected chi connectivity index (χ0v) is 14.3. The second kappa shape index (κ2) is 7.09. The van der Waals surface area contributed by atoms with Crippen LogP contribution in [0.15, 0.2) is 47.6 Å². The van der Waals surface area contributed by atoms with E-state index in [1.54, 1.807) is 0 Å². The lowest BCUT2D eigenvalue weighted by Crippen LogP contribution is -1.99. The summed E-state index contributed by atoms with van der Waals surface area (Å²) in [4.78, 5) is 15.5. The van der Waals surface area contributed by atoms with Crippen molar-refractivity contribution in [3.8, 4) is 0 Å². The molecule has 0 bridgehead atoms. The first-order chi connectivity index (χ1) is 11.1. The maximum absolute atomic E-state index is 10.8. The van der Waals surface area contributed by atoms with Crippen LogP contribution in [0.4, 0.5) is 0 Å². The average molecular weight is 310 g/mol. The van der Waals surface area contributed by atoms with Gasteiger partial charge in [-0.1, -0.05) is 49.3 Å². The summed E-state index contributed by atoms with van der Waals surface area (Å²) in [6.07, 6.45) is 0. The van der Waals surface area contributed by atoms with Gasteiger partial charge in [-0.3, -0.25) is 0 Å². The molecule has 1 heterocycles. The van der Waals surface area contributed by atoms with E-state index < -0.39 is 5.97 Å². The third-order valence-electron chi connectivity index (χ3n) is 3.64. The fourth-order valence-corrected chi connectivity index (χ4v) is 2.57. The van der Waals surface area contributed by atoms with Gasteiger partial charge in [-0.2, -0.15) is 0 Å². The molecule has 1 aromatic heterocycles. The number of benzene rings is 2. The lowest BCUT2D eigenvalue weighted by molar-refractivity contribution is -0.140. The summed E-state index contributed by atoms with van der Waals surface area (Å²) in [5.41, 5.74) is 3.94. The van der Waals surface area contributed by atoms with Crippen LogP contribution in [0.1, 0.15) is 33.3 Å². The van der Waals surface area contributed by atoms with Crippen molar-refractivity contribution >= 4 is 33.5 Å². The SMILES string of the molecule is CC.CC(=O)O/N=C(/C)c1ccc2c3ccccc3n(C)c2c1. The van der Waals surface area contributed by atoms with Gasteiger partial charge in [0.05, 0.1) is 5.71 Å². The number of rotatable bonds is 2. The normalized spacial score (nSPS) is 11.3. The van der Waals surface area contributed by atoms with Crippen molar-refractivity contribution in [2.24, 2.45) is 12.2 Å². The van der Waals surface area contributed by atoms with E-state index in [9.17, 15) is 4.79 Å². The number of hydrogen-bond donors (Lipinski definition) is 0. The predicted molar refractivity (Wildman–Crippen MR) is 95.8 cm³/mol. The molecule has 0 saturated heterocycles. The van der Waals surface area contributed by atoms with E-state index in [0.717, 1.165) is 11.1 Å². The molecule has 0 aliphatic rings. The number of aromatic nitrogens is 1. The second-order valence-electron chi connectivity index (χ2n) is 5.07. The summed E-state index contributed by atoms with van der Waals surface area (Å²) in [7, 11) is 2.05. The summed E-state index contributed by atoms with van der Waals surface area (Å²) in [5, 5.41) is 6.28. The molecule has 0 amide bonds. The number of fused-ring (bicyclic) bond motifs is 3. The molecule has 0 spiro atoms. The summed E-state index contributed by atoms with van der Waals surface area (Å²) in [5.74, 6) is -0.417. The number of nitrogens with zero attached hydrogens (tertiary/aromatic N) is 2. The fourth-order valence-electron chi connectivity index (χ4n) is 2.57. The van der Waals surface area contributed by atoms with Crippen molar-refractivity contribution in [2.75, 3.05) is 0 Å². The summed E-state index contributed by atoms with van der Waals surface area (Å²) >= 11 is 0. The van der Waals surface area contributed by atoms with E-state index in [1.807, 2.05) is 46.0 Å². The molecule has 0 fully saturated rings. The Kier molecular flexibility index (Phi) is 5.16. The lowest BCUT2D eigenvalue weighted by atomic mass is 10.1. The molecular weight excluding hydrogens is 288 g/mol. The molecular formula is C19H22N2O2. The van der Waals surface area contributed by atoms with Gasteiger partial charge >= 0.3 is 5.97 Å². The van der Waals surface area contributed by atoms with Crippen molar-refractivity contribution in [2.45, 2.75) is 27.7 Å². The van der Waals surface area contributed by atoms with Crippen LogP contribution < -0.4 is 0 Å². The second-order valence-corrected chi connectivity index (χ2v) is 5.07. The van der Waals surface area contributed by atoms with Crippen molar-refractivity contribution < 1.29 is 9.63 Å². The molecule has 0 aliphatic carbocycles. The number of carbonyl (C=O) groups is 1. The monoisotopic (exact) mass is 310 g/mol. The van der Waals surface area contributed by atoms with Crippen molar-refractivity contribution in [1.29, 1.82) is 0 Å². The van der Waals surface area contributed by atoms with Gasteiger partial charge in [0.1, 0.15) is 0 Å². The Morgan fingerprint density at radius 3 is 2.35 bits per heavy atom. The van der Waals surface area contributed by atoms with E-state index in [2.05, 4.69) is 34.0 Å². The van der Waals surface area contributed by atoms with Crippen LogP contribution in [0.25, 0.3) is 21.8 Å². The summed E-state index contributed by atoms with van der Waals surface area (Å²) < 4.78 is 2.16. The Bertz CT molecular complexity index is 876. The van der Waals surface area contributed by atoms with Gasteiger partial charge in [0, 0.05) is 41.3 Å². The lowest BCUT2D eigenvalue weighted by Gasteiger charge is -2.02. The van der Waals surface area contributed by atoms with Crippen LogP contribution in [-0.2, 0) is 16.7 Å². The van der Waals surface area contributed by atoms with Gasteiger partial charge in [-0.15, -0.1) is 0 Å². The molecule has 0 N–H and O–H groups in total. The Labute approximate surface area is 136 Å². The Hall–Kier alpha value is -2.62. The highest BCUT2D eigenvalue weighted by Crippen LogP contribution is 2.28. The van der Waals surface area contributed by atoms with Gasteiger partial charge in [-0.05, 0) is 19.1 Å². The van der Waals surface area contributed by atoms with E-state index in [0.29, 0.717) is 5.71 Å². The van der Waals surface area contributed by atoms with Gasteiger partial charge < -0.3 is 9.40 Å². The Balaban J connectivity index is 0.000000924. The van der Waals surface area contributed by atoms with Crippen molar-refractivity contribution in [3.63, 3.8) is 0 Å². The van der Waals surface area contributed by atoms with Crippen LogP contribution in [0.2, 0.25) is 0 Å². The minimum atomic E-state index is -0.417. The van der Waals surface area contributed by atoms with E-state index in [4.69, 9.17) is 4.84 Å². The summed E-state index contributed by atoms with van der Waals surface area (Å²) in [6, 6.07) is 14.5. The molecule has 2 aromatic carbocycles.